The van der Waals surface area contributed by atoms with E-state index >= 15 is 0 Å². The molecule has 3 fully saturated rings. The molecule has 3 aliphatic carbocycles. The number of hydrogen-bond acceptors (Lipinski definition) is 5. The standard InChI is InChI=1S/C27H28O4S/c1-3-23(29)26-13-12-22-21-10-6-17-14-18(28)7-11-20(17)24(21)25(30-15-27(22,26)31-26)16-4-8-19(32-2)9-5-16/h3-5,8-9,14,21-22,25H,1,6-7,10-13,15H2,2H3/t21?,22?,25-,26-,27?/m1/s1. The zero-order valence-corrected chi connectivity index (χ0v) is 19.2. The lowest BCUT2D eigenvalue weighted by molar-refractivity contribution is -0.119. The van der Waals surface area contributed by atoms with Gasteiger partial charge in [-0.05, 0) is 90.8 Å². The normalized spacial score (nSPS) is 37.5. The van der Waals surface area contributed by atoms with E-state index in [1.807, 2.05) is 6.08 Å². The number of carbonyl (C=O) groups is 2. The molecule has 0 N–H and O–H groups in total. The van der Waals surface area contributed by atoms with Gasteiger partial charge in [-0.1, -0.05) is 18.7 Å². The summed E-state index contributed by atoms with van der Waals surface area (Å²) >= 11 is 1.73. The molecule has 2 aliphatic heterocycles. The highest BCUT2D eigenvalue weighted by molar-refractivity contribution is 7.98. The molecule has 0 bridgehead atoms. The topological polar surface area (TPSA) is 55.9 Å². The maximum Gasteiger partial charge on any atom is 0.190 e. The van der Waals surface area contributed by atoms with E-state index in [9.17, 15) is 9.59 Å². The zero-order valence-electron chi connectivity index (χ0n) is 18.4. The Morgan fingerprint density at radius 3 is 2.75 bits per heavy atom. The van der Waals surface area contributed by atoms with Crippen molar-refractivity contribution in [2.75, 3.05) is 12.9 Å². The third kappa shape index (κ3) is 2.71. The fourth-order valence-corrected chi connectivity index (χ4v) is 7.38. The molecule has 4 nitrogen and oxygen atoms in total. The summed E-state index contributed by atoms with van der Waals surface area (Å²) in [6.45, 7) is 4.16. The van der Waals surface area contributed by atoms with Gasteiger partial charge in [0.2, 0.25) is 0 Å². The monoisotopic (exact) mass is 448 g/mol. The summed E-state index contributed by atoms with van der Waals surface area (Å²) in [6, 6.07) is 8.64. The highest BCUT2D eigenvalue weighted by Crippen LogP contribution is 2.69. The number of hydrogen-bond donors (Lipinski definition) is 0. The van der Waals surface area contributed by atoms with Gasteiger partial charge in [-0.25, -0.2) is 0 Å². The van der Waals surface area contributed by atoms with Gasteiger partial charge >= 0.3 is 0 Å². The summed E-state index contributed by atoms with van der Waals surface area (Å²) in [7, 11) is 0. The Kier molecular flexibility index (Phi) is 4.69. The van der Waals surface area contributed by atoms with E-state index in [1.165, 1.54) is 27.7 Å². The van der Waals surface area contributed by atoms with Gasteiger partial charge in [0.25, 0.3) is 0 Å². The van der Waals surface area contributed by atoms with Crippen LogP contribution in [0.25, 0.3) is 0 Å². The van der Waals surface area contributed by atoms with Crippen LogP contribution in [0, 0.1) is 11.8 Å². The molecule has 1 spiro atoms. The molecule has 5 atom stereocenters. The minimum Gasteiger partial charge on any atom is -0.366 e. The highest BCUT2D eigenvalue weighted by Gasteiger charge is 2.81. The van der Waals surface area contributed by atoms with E-state index in [2.05, 4.69) is 37.1 Å². The van der Waals surface area contributed by atoms with Crippen LogP contribution in [-0.4, -0.2) is 35.6 Å². The number of epoxide rings is 1. The van der Waals surface area contributed by atoms with Crippen LogP contribution in [0.3, 0.4) is 0 Å². The molecular weight excluding hydrogens is 420 g/mol. The van der Waals surface area contributed by atoms with Crippen molar-refractivity contribution in [1.29, 1.82) is 0 Å². The summed E-state index contributed by atoms with van der Waals surface area (Å²) in [5.74, 6) is 0.811. The van der Waals surface area contributed by atoms with E-state index in [-0.39, 0.29) is 23.6 Å². The molecule has 6 rings (SSSR count). The summed E-state index contributed by atoms with van der Waals surface area (Å²) < 4.78 is 13.0. The highest BCUT2D eigenvalue weighted by atomic mass is 32.2. The Morgan fingerprint density at radius 1 is 1.19 bits per heavy atom. The number of carbonyl (C=O) groups excluding carboxylic acids is 2. The van der Waals surface area contributed by atoms with Crippen LogP contribution in [0.15, 0.2) is 64.6 Å². The van der Waals surface area contributed by atoms with Gasteiger partial charge in [0.15, 0.2) is 17.2 Å². The third-order valence-electron chi connectivity index (χ3n) is 8.46. The second-order valence-electron chi connectivity index (χ2n) is 9.71. The lowest BCUT2D eigenvalue weighted by atomic mass is 9.66. The van der Waals surface area contributed by atoms with Crippen molar-refractivity contribution >= 4 is 23.3 Å². The van der Waals surface area contributed by atoms with Crippen molar-refractivity contribution < 1.29 is 19.1 Å². The molecule has 5 aliphatic rings. The molecule has 166 valence electrons. The first-order valence-corrected chi connectivity index (χ1v) is 12.8. The minimum absolute atomic E-state index is 0.000217. The molecule has 1 saturated carbocycles. The fourth-order valence-electron chi connectivity index (χ4n) is 6.97. The second kappa shape index (κ2) is 7.28. The van der Waals surface area contributed by atoms with Gasteiger partial charge in [-0.3, -0.25) is 9.59 Å². The molecule has 1 aromatic carbocycles. The largest absolute Gasteiger partial charge is 0.366 e. The average molecular weight is 449 g/mol. The quantitative estimate of drug-likeness (QED) is 0.362. The predicted molar refractivity (Wildman–Crippen MR) is 123 cm³/mol. The molecule has 0 amide bonds. The van der Waals surface area contributed by atoms with Crippen LogP contribution >= 0.6 is 11.8 Å². The molecule has 32 heavy (non-hydrogen) atoms. The van der Waals surface area contributed by atoms with Crippen LogP contribution in [0.2, 0.25) is 0 Å². The third-order valence-corrected chi connectivity index (χ3v) is 9.20. The van der Waals surface area contributed by atoms with Crippen molar-refractivity contribution in [2.45, 2.75) is 60.7 Å². The van der Waals surface area contributed by atoms with Crippen molar-refractivity contribution in [2.24, 2.45) is 11.8 Å². The first-order valence-electron chi connectivity index (χ1n) is 11.6. The van der Waals surface area contributed by atoms with E-state index in [0.29, 0.717) is 18.9 Å². The van der Waals surface area contributed by atoms with Gasteiger partial charge in [-0.2, -0.15) is 0 Å². The molecular formula is C27H28O4S. The predicted octanol–water partition coefficient (Wildman–Crippen LogP) is 5.15. The first-order chi connectivity index (χ1) is 15.5. The van der Waals surface area contributed by atoms with Gasteiger partial charge in [0.1, 0.15) is 11.7 Å². The van der Waals surface area contributed by atoms with Gasteiger partial charge < -0.3 is 9.47 Å². The molecule has 2 heterocycles. The summed E-state index contributed by atoms with van der Waals surface area (Å²) in [5, 5.41) is 0. The Hall–Kier alpha value is -1.95. The zero-order chi connectivity index (χ0) is 22.1. The molecule has 5 heteroatoms. The average Bonchev–Trinajstić information content (AvgIpc) is 3.42. The Balaban J connectivity index is 1.49. The number of ketones is 2. The smallest absolute Gasteiger partial charge is 0.190 e. The number of fused-ring (bicyclic) bond motifs is 3. The summed E-state index contributed by atoms with van der Waals surface area (Å²) in [6.07, 6.45) is 10.2. The molecule has 3 unspecified atom stereocenters. The lowest BCUT2D eigenvalue weighted by Gasteiger charge is -2.37. The molecule has 2 saturated heterocycles. The van der Waals surface area contributed by atoms with Gasteiger partial charge in [0.05, 0.1) is 6.61 Å². The minimum atomic E-state index is -0.745. The second-order valence-corrected chi connectivity index (χ2v) is 10.6. The maximum absolute atomic E-state index is 12.8. The van der Waals surface area contributed by atoms with Crippen LogP contribution in [0.5, 0.6) is 0 Å². The maximum atomic E-state index is 12.8. The van der Waals surface area contributed by atoms with Crippen molar-refractivity contribution in [3.05, 3.63) is 65.3 Å². The Bertz CT molecular complexity index is 1080. The molecule has 1 aromatic rings. The van der Waals surface area contributed by atoms with Crippen LogP contribution in [0.1, 0.15) is 50.2 Å². The van der Waals surface area contributed by atoms with Crippen molar-refractivity contribution in [1.82, 2.24) is 0 Å². The number of benzene rings is 1. The summed E-state index contributed by atoms with van der Waals surface area (Å²) in [5.41, 5.74) is 3.73. The van der Waals surface area contributed by atoms with Crippen molar-refractivity contribution in [3.63, 3.8) is 0 Å². The van der Waals surface area contributed by atoms with Crippen molar-refractivity contribution in [3.8, 4) is 0 Å². The molecule has 0 aromatic heterocycles. The summed E-state index contributed by atoms with van der Waals surface area (Å²) in [4.78, 5) is 26.2. The van der Waals surface area contributed by atoms with Gasteiger partial charge in [-0.15, -0.1) is 11.8 Å². The number of rotatable bonds is 4. The van der Waals surface area contributed by atoms with E-state index in [1.54, 1.807) is 11.8 Å². The first kappa shape index (κ1) is 20.6. The van der Waals surface area contributed by atoms with E-state index < -0.39 is 11.2 Å². The number of allylic oxidation sites excluding steroid dienone is 3. The van der Waals surface area contributed by atoms with Crippen LogP contribution in [0.4, 0.5) is 0 Å². The van der Waals surface area contributed by atoms with Crippen LogP contribution < -0.4 is 0 Å². The van der Waals surface area contributed by atoms with E-state index in [4.69, 9.17) is 9.47 Å². The number of thioether (sulfide) groups is 1. The van der Waals surface area contributed by atoms with Crippen LogP contribution in [-0.2, 0) is 19.1 Å². The molecule has 0 radical (unpaired) electrons. The van der Waals surface area contributed by atoms with E-state index in [0.717, 1.165) is 37.7 Å². The SMILES string of the molecule is C=CC(=O)[C@]12CCC3C4CCC5=CC(=O)CCC5=C4[C@@H](c4ccc(SC)cc4)OCC31O2. The lowest BCUT2D eigenvalue weighted by Crippen LogP contribution is -2.37. The number of ether oxygens (including phenoxy) is 2. The Labute approximate surface area is 193 Å². The fraction of sp³-hybridized carbons (Fsp3) is 0.481. The Morgan fingerprint density at radius 2 is 2.00 bits per heavy atom. The van der Waals surface area contributed by atoms with Gasteiger partial charge in [0, 0.05) is 17.2 Å².